The van der Waals surface area contributed by atoms with Gasteiger partial charge in [0.15, 0.2) is 0 Å². The number of carbonyl (C=O) groups is 1. The van der Waals surface area contributed by atoms with E-state index in [-0.39, 0.29) is 5.91 Å². The maximum absolute atomic E-state index is 12.2. The van der Waals surface area contributed by atoms with Crippen molar-refractivity contribution in [1.29, 1.82) is 0 Å². The van der Waals surface area contributed by atoms with Gasteiger partial charge in [0.2, 0.25) is 0 Å². The van der Waals surface area contributed by atoms with Crippen LogP contribution in [0.25, 0.3) is 10.6 Å². The maximum atomic E-state index is 12.2. The number of amides is 1. The number of aromatic nitrogens is 1. The van der Waals surface area contributed by atoms with Crippen LogP contribution in [0.1, 0.15) is 23.0 Å². The minimum absolute atomic E-state index is 0.0938. The third-order valence-corrected chi connectivity index (χ3v) is 4.92. The average molecular weight is 382 g/mol. The van der Waals surface area contributed by atoms with Gasteiger partial charge in [0.25, 0.3) is 5.91 Å². The fraction of sp³-hybridized carbons (Fsp3) is 0.238. The fourth-order valence-corrected chi connectivity index (χ4v) is 3.42. The van der Waals surface area contributed by atoms with Gasteiger partial charge in [0.05, 0.1) is 19.4 Å². The molecule has 0 aliphatic carbocycles. The highest BCUT2D eigenvalue weighted by Crippen LogP contribution is 2.25. The molecule has 0 atom stereocenters. The molecule has 0 fully saturated rings. The first-order valence-electron chi connectivity index (χ1n) is 8.79. The lowest BCUT2D eigenvalue weighted by molar-refractivity contribution is 0.0954. The highest BCUT2D eigenvalue weighted by Gasteiger charge is 2.08. The summed E-state index contributed by atoms with van der Waals surface area (Å²) in [6, 6.07) is 15.0. The van der Waals surface area contributed by atoms with Gasteiger partial charge in [-0.05, 0) is 55.5 Å². The summed E-state index contributed by atoms with van der Waals surface area (Å²) in [5.41, 5.74) is 2.65. The van der Waals surface area contributed by atoms with Crippen LogP contribution < -0.4 is 14.8 Å². The highest BCUT2D eigenvalue weighted by molar-refractivity contribution is 7.13. The van der Waals surface area contributed by atoms with E-state index >= 15 is 0 Å². The molecule has 0 saturated heterocycles. The Kier molecular flexibility index (Phi) is 6.44. The lowest BCUT2D eigenvalue weighted by Crippen LogP contribution is -2.25. The van der Waals surface area contributed by atoms with Crippen molar-refractivity contribution < 1.29 is 14.3 Å². The Labute approximate surface area is 163 Å². The molecule has 0 radical (unpaired) electrons. The summed E-state index contributed by atoms with van der Waals surface area (Å²) in [5, 5.41) is 5.93. The Bertz CT molecular complexity index is 873. The average Bonchev–Trinajstić information content (AvgIpc) is 3.18. The van der Waals surface area contributed by atoms with Crippen molar-refractivity contribution in [2.75, 3.05) is 20.3 Å². The first-order chi connectivity index (χ1) is 13.2. The van der Waals surface area contributed by atoms with Gasteiger partial charge < -0.3 is 14.8 Å². The number of nitrogens with one attached hydrogen (secondary N) is 1. The Morgan fingerprint density at radius 1 is 1.07 bits per heavy atom. The molecule has 27 heavy (non-hydrogen) atoms. The van der Waals surface area contributed by atoms with Crippen molar-refractivity contribution in [3.63, 3.8) is 0 Å². The Balaban J connectivity index is 1.51. The molecule has 0 aliphatic rings. The number of hydrogen-bond donors (Lipinski definition) is 1. The number of carbonyl (C=O) groups excluding carboxylic acids is 1. The van der Waals surface area contributed by atoms with E-state index < -0.39 is 0 Å². The minimum atomic E-state index is -0.0938. The summed E-state index contributed by atoms with van der Waals surface area (Å²) in [5.74, 6) is 1.50. The standard InChI is InChI=1S/C21H22N2O3S/c1-3-26-19-10-4-15(5-11-19)20(24)22-13-12-17-14-27-21(23-17)16-6-8-18(25-2)9-7-16/h4-11,14H,3,12-13H2,1-2H3,(H,22,24). The van der Waals surface area contributed by atoms with Gasteiger partial charge in [0, 0.05) is 29.5 Å². The van der Waals surface area contributed by atoms with Crippen LogP contribution in [0.4, 0.5) is 0 Å². The third-order valence-electron chi connectivity index (χ3n) is 3.98. The van der Waals surface area contributed by atoms with Crippen LogP contribution in [0.2, 0.25) is 0 Å². The molecule has 5 nitrogen and oxygen atoms in total. The maximum Gasteiger partial charge on any atom is 0.251 e. The molecular formula is C21H22N2O3S. The van der Waals surface area contributed by atoms with Crippen LogP contribution in [0.3, 0.4) is 0 Å². The van der Waals surface area contributed by atoms with E-state index in [4.69, 9.17) is 9.47 Å². The number of ether oxygens (including phenoxy) is 2. The van der Waals surface area contributed by atoms with Gasteiger partial charge in [-0.3, -0.25) is 4.79 Å². The van der Waals surface area contributed by atoms with E-state index in [0.29, 0.717) is 25.1 Å². The van der Waals surface area contributed by atoms with Crippen LogP contribution in [0, 0.1) is 0 Å². The van der Waals surface area contributed by atoms with Gasteiger partial charge in [-0.1, -0.05) is 0 Å². The molecule has 3 rings (SSSR count). The number of nitrogens with zero attached hydrogens (tertiary/aromatic N) is 1. The Morgan fingerprint density at radius 2 is 1.78 bits per heavy atom. The van der Waals surface area contributed by atoms with Crippen LogP contribution in [-0.2, 0) is 6.42 Å². The molecule has 140 valence electrons. The topological polar surface area (TPSA) is 60.5 Å². The van der Waals surface area contributed by atoms with E-state index in [9.17, 15) is 4.79 Å². The lowest BCUT2D eigenvalue weighted by Gasteiger charge is -2.06. The highest BCUT2D eigenvalue weighted by atomic mass is 32.1. The molecule has 1 heterocycles. The third kappa shape index (κ3) is 5.08. The molecule has 1 amide bonds. The number of methoxy groups -OCH3 is 1. The van der Waals surface area contributed by atoms with Gasteiger partial charge in [0.1, 0.15) is 16.5 Å². The lowest BCUT2D eigenvalue weighted by atomic mass is 10.2. The Morgan fingerprint density at radius 3 is 2.44 bits per heavy atom. The Hall–Kier alpha value is -2.86. The van der Waals surface area contributed by atoms with Crippen molar-refractivity contribution in [2.45, 2.75) is 13.3 Å². The number of benzene rings is 2. The number of hydrogen-bond acceptors (Lipinski definition) is 5. The predicted octanol–water partition coefficient (Wildman–Crippen LogP) is 4.19. The summed E-state index contributed by atoms with van der Waals surface area (Å²) in [6.07, 6.45) is 0.690. The summed E-state index contributed by atoms with van der Waals surface area (Å²) in [6.45, 7) is 3.08. The zero-order valence-corrected chi connectivity index (χ0v) is 16.2. The molecule has 0 bridgehead atoms. The second-order valence-electron chi connectivity index (χ2n) is 5.84. The molecule has 0 aliphatic heterocycles. The molecule has 3 aromatic rings. The SMILES string of the molecule is CCOc1ccc(C(=O)NCCc2csc(-c3ccc(OC)cc3)n2)cc1. The van der Waals surface area contributed by atoms with E-state index in [1.165, 1.54) is 0 Å². The van der Waals surface area contributed by atoms with Crippen LogP contribution in [0.15, 0.2) is 53.9 Å². The molecule has 1 aromatic heterocycles. The molecule has 0 saturated carbocycles. The summed E-state index contributed by atoms with van der Waals surface area (Å²) in [4.78, 5) is 16.9. The van der Waals surface area contributed by atoms with E-state index in [1.54, 1.807) is 42.7 Å². The molecule has 0 unspecified atom stereocenters. The summed E-state index contributed by atoms with van der Waals surface area (Å²) >= 11 is 1.60. The smallest absolute Gasteiger partial charge is 0.251 e. The van der Waals surface area contributed by atoms with Crippen molar-refractivity contribution in [3.8, 4) is 22.1 Å². The molecule has 6 heteroatoms. The van der Waals surface area contributed by atoms with Gasteiger partial charge in [-0.2, -0.15) is 0 Å². The second-order valence-corrected chi connectivity index (χ2v) is 6.69. The largest absolute Gasteiger partial charge is 0.497 e. The molecule has 0 spiro atoms. The van der Waals surface area contributed by atoms with E-state index in [2.05, 4.69) is 10.3 Å². The van der Waals surface area contributed by atoms with Gasteiger partial charge in [-0.25, -0.2) is 4.98 Å². The van der Waals surface area contributed by atoms with Crippen molar-refractivity contribution >= 4 is 17.2 Å². The van der Waals surface area contributed by atoms with Crippen molar-refractivity contribution in [3.05, 3.63) is 65.2 Å². The normalized spacial score (nSPS) is 10.4. The summed E-state index contributed by atoms with van der Waals surface area (Å²) < 4.78 is 10.6. The molecule has 2 aromatic carbocycles. The monoisotopic (exact) mass is 382 g/mol. The zero-order valence-electron chi connectivity index (χ0n) is 15.4. The van der Waals surface area contributed by atoms with E-state index in [0.717, 1.165) is 27.8 Å². The van der Waals surface area contributed by atoms with E-state index in [1.807, 2.05) is 36.6 Å². The van der Waals surface area contributed by atoms with Crippen LogP contribution in [0.5, 0.6) is 11.5 Å². The molecule has 1 N–H and O–H groups in total. The van der Waals surface area contributed by atoms with Gasteiger partial charge in [-0.15, -0.1) is 11.3 Å². The second kappa shape index (κ2) is 9.19. The van der Waals surface area contributed by atoms with Crippen molar-refractivity contribution in [1.82, 2.24) is 10.3 Å². The van der Waals surface area contributed by atoms with Crippen LogP contribution >= 0.6 is 11.3 Å². The summed E-state index contributed by atoms with van der Waals surface area (Å²) in [7, 11) is 1.65. The number of rotatable bonds is 8. The van der Waals surface area contributed by atoms with Crippen LogP contribution in [-0.4, -0.2) is 31.2 Å². The zero-order chi connectivity index (χ0) is 19.1. The first kappa shape index (κ1) is 18.9. The van der Waals surface area contributed by atoms with Crippen molar-refractivity contribution in [2.24, 2.45) is 0 Å². The molecular weight excluding hydrogens is 360 g/mol. The quantitative estimate of drug-likeness (QED) is 0.635. The first-order valence-corrected chi connectivity index (χ1v) is 9.67. The number of thiazole rings is 1. The van der Waals surface area contributed by atoms with Gasteiger partial charge >= 0.3 is 0 Å². The minimum Gasteiger partial charge on any atom is -0.497 e. The predicted molar refractivity (Wildman–Crippen MR) is 108 cm³/mol. The fourth-order valence-electron chi connectivity index (χ4n) is 2.56.